The van der Waals surface area contributed by atoms with Gasteiger partial charge in [0.25, 0.3) is 0 Å². The Hall–Kier alpha value is -2.68. The van der Waals surface area contributed by atoms with Crippen LogP contribution in [0, 0.1) is 20.8 Å². The largest absolute Gasteiger partial charge is 0.478 e. The summed E-state index contributed by atoms with van der Waals surface area (Å²) in [6, 6.07) is 9.25. The number of carbonyl (C=O) groups excluding carboxylic acids is 1. The van der Waals surface area contributed by atoms with Crippen LogP contribution in [0.2, 0.25) is 0 Å². The lowest BCUT2D eigenvalue weighted by Crippen LogP contribution is -2.02. The quantitative estimate of drug-likeness (QED) is 0.849. The number of allylic oxidation sites excluding steroid dienone is 1. The van der Waals surface area contributed by atoms with E-state index in [9.17, 15) is 14.7 Å². The molecule has 0 radical (unpaired) electrons. The molecule has 0 saturated heterocycles. The van der Waals surface area contributed by atoms with Crippen molar-refractivity contribution in [3.05, 3.63) is 74.8 Å². The Balaban J connectivity index is 2.08. The van der Waals surface area contributed by atoms with Crippen molar-refractivity contribution in [3.8, 4) is 0 Å². The molecule has 116 valence electrons. The van der Waals surface area contributed by atoms with E-state index in [4.69, 9.17) is 0 Å². The zero-order valence-electron chi connectivity index (χ0n) is 13.4. The van der Waals surface area contributed by atoms with Gasteiger partial charge >= 0.3 is 5.97 Å². The standard InChI is InChI=1S/C20H18O3/c1-11-4-5-14(17(7-11)20(22)23)9-15-10-16-13(3)6-12(2)8-18(16)19(15)21/h4-9H,10H2,1-3H3,(H,22,23)/b15-9-. The molecule has 3 heteroatoms. The van der Waals surface area contributed by atoms with Crippen LogP contribution in [0.1, 0.15) is 48.5 Å². The summed E-state index contributed by atoms with van der Waals surface area (Å²) < 4.78 is 0. The molecule has 0 aromatic heterocycles. The number of aromatic carboxylic acids is 1. The van der Waals surface area contributed by atoms with E-state index >= 15 is 0 Å². The molecular weight excluding hydrogens is 288 g/mol. The maximum atomic E-state index is 12.6. The van der Waals surface area contributed by atoms with Gasteiger partial charge in [0.2, 0.25) is 0 Å². The number of carboxylic acids is 1. The molecule has 0 atom stereocenters. The summed E-state index contributed by atoms with van der Waals surface area (Å²) in [5.41, 5.74) is 6.32. The topological polar surface area (TPSA) is 54.4 Å². The van der Waals surface area contributed by atoms with E-state index in [1.54, 1.807) is 18.2 Å². The van der Waals surface area contributed by atoms with Gasteiger partial charge in [-0.3, -0.25) is 4.79 Å². The Kier molecular flexibility index (Phi) is 3.64. The molecule has 2 aromatic carbocycles. The summed E-state index contributed by atoms with van der Waals surface area (Å²) in [7, 11) is 0. The fourth-order valence-electron chi connectivity index (χ4n) is 3.16. The maximum absolute atomic E-state index is 12.6. The highest BCUT2D eigenvalue weighted by Crippen LogP contribution is 2.31. The van der Waals surface area contributed by atoms with Gasteiger partial charge in [0, 0.05) is 17.6 Å². The van der Waals surface area contributed by atoms with E-state index in [2.05, 4.69) is 6.07 Å². The number of rotatable bonds is 2. The van der Waals surface area contributed by atoms with Crippen LogP contribution in [0.3, 0.4) is 0 Å². The number of hydrogen-bond acceptors (Lipinski definition) is 2. The van der Waals surface area contributed by atoms with Crippen molar-refractivity contribution in [1.29, 1.82) is 0 Å². The molecule has 0 bridgehead atoms. The van der Waals surface area contributed by atoms with E-state index in [1.165, 1.54) is 0 Å². The minimum atomic E-state index is -0.976. The van der Waals surface area contributed by atoms with Crippen LogP contribution in [-0.2, 0) is 6.42 Å². The first kappa shape index (κ1) is 15.2. The second kappa shape index (κ2) is 5.51. The summed E-state index contributed by atoms with van der Waals surface area (Å²) in [5.74, 6) is -0.973. The number of benzene rings is 2. The van der Waals surface area contributed by atoms with Crippen LogP contribution in [0.4, 0.5) is 0 Å². The Labute approximate surface area is 135 Å². The third-order valence-electron chi connectivity index (χ3n) is 4.29. The van der Waals surface area contributed by atoms with Crippen LogP contribution in [0.25, 0.3) is 6.08 Å². The smallest absolute Gasteiger partial charge is 0.336 e. The number of aryl methyl sites for hydroxylation is 3. The second-order valence-electron chi connectivity index (χ2n) is 6.18. The molecule has 0 unspecified atom stereocenters. The lowest BCUT2D eigenvalue weighted by Gasteiger charge is -2.04. The lowest BCUT2D eigenvalue weighted by molar-refractivity contribution is 0.0696. The van der Waals surface area contributed by atoms with Crippen LogP contribution in [0.5, 0.6) is 0 Å². The van der Waals surface area contributed by atoms with Gasteiger partial charge in [-0.15, -0.1) is 0 Å². The number of carbonyl (C=O) groups is 2. The first-order valence-corrected chi connectivity index (χ1v) is 7.56. The van der Waals surface area contributed by atoms with Gasteiger partial charge in [0.05, 0.1) is 5.56 Å². The molecule has 0 fully saturated rings. The Bertz CT molecular complexity index is 873. The zero-order chi connectivity index (χ0) is 16.7. The van der Waals surface area contributed by atoms with E-state index < -0.39 is 5.97 Å². The number of ketones is 1. The molecule has 2 aromatic rings. The third-order valence-corrected chi connectivity index (χ3v) is 4.29. The molecule has 0 heterocycles. The predicted molar refractivity (Wildman–Crippen MR) is 90.1 cm³/mol. The number of hydrogen-bond donors (Lipinski definition) is 1. The number of fused-ring (bicyclic) bond motifs is 1. The second-order valence-corrected chi connectivity index (χ2v) is 6.18. The molecule has 3 rings (SSSR count). The summed E-state index contributed by atoms with van der Waals surface area (Å²) in [4.78, 5) is 24.1. The molecular formula is C20H18O3. The monoisotopic (exact) mass is 306 g/mol. The normalized spacial score (nSPS) is 15.1. The van der Waals surface area contributed by atoms with Crippen molar-refractivity contribution < 1.29 is 14.7 Å². The first-order chi connectivity index (χ1) is 10.9. The first-order valence-electron chi connectivity index (χ1n) is 7.56. The molecule has 1 aliphatic rings. The van der Waals surface area contributed by atoms with Gasteiger partial charge in [0.15, 0.2) is 5.78 Å². The summed E-state index contributed by atoms with van der Waals surface area (Å²) in [5, 5.41) is 9.37. The molecule has 0 aliphatic heterocycles. The molecule has 1 aliphatic carbocycles. The Morgan fingerprint density at radius 2 is 1.83 bits per heavy atom. The molecule has 23 heavy (non-hydrogen) atoms. The van der Waals surface area contributed by atoms with Crippen LogP contribution in [0.15, 0.2) is 35.9 Å². The highest BCUT2D eigenvalue weighted by Gasteiger charge is 2.26. The zero-order valence-corrected chi connectivity index (χ0v) is 13.4. The van der Waals surface area contributed by atoms with Crippen molar-refractivity contribution in [3.63, 3.8) is 0 Å². The minimum absolute atomic E-state index is 0.00344. The fourth-order valence-corrected chi connectivity index (χ4v) is 3.16. The SMILES string of the molecule is Cc1ccc(/C=C2/Cc3c(C)cc(C)cc3C2=O)c(C(=O)O)c1. The Morgan fingerprint density at radius 3 is 2.52 bits per heavy atom. The summed E-state index contributed by atoms with van der Waals surface area (Å²) in [6.45, 7) is 5.84. The summed E-state index contributed by atoms with van der Waals surface area (Å²) >= 11 is 0. The van der Waals surface area contributed by atoms with Crippen molar-refractivity contribution >= 4 is 17.8 Å². The van der Waals surface area contributed by atoms with E-state index in [0.717, 1.165) is 27.8 Å². The van der Waals surface area contributed by atoms with Crippen LogP contribution >= 0.6 is 0 Å². The van der Waals surface area contributed by atoms with Crippen LogP contribution < -0.4 is 0 Å². The van der Waals surface area contributed by atoms with Gasteiger partial charge in [0.1, 0.15) is 0 Å². The highest BCUT2D eigenvalue weighted by molar-refractivity contribution is 6.16. The molecule has 0 spiro atoms. The van der Waals surface area contributed by atoms with Gasteiger partial charge in [-0.2, -0.15) is 0 Å². The Morgan fingerprint density at radius 1 is 1.09 bits per heavy atom. The number of Topliss-reactive ketones (excluding diaryl/α,β-unsaturated/α-hetero) is 1. The predicted octanol–water partition coefficient (Wildman–Crippen LogP) is 4.13. The van der Waals surface area contributed by atoms with E-state index in [1.807, 2.05) is 32.9 Å². The van der Waals surface area contributed by atoms with Crippen molar-refractivity contribution in [2.45, 2.75) is 27.2 Å². The summed E-state index contributed by atoms with van der Waals surface area (Å²) in [6.07, 6.45) is 2.28. The van der Waals surface area contributed by atoms with E-state index in [0.29, 0.717) is 17.6 Å². The molecule has 3 nitrogen and oxygen atoms in total. The minimum Gasteiger partial charge on any atom is -0.478 e. The molecule has 0 saturated carbocycles. The van der Waals surface area contributed by atoms with Gasteiger partial charge in [-0.25, -0.2) is 4.79 Å². The van der Waals surface area contributed by atoms with E-state index in [-0.39, 0.29) is 11.3 Å². The van der Waals surface area contributed by atoms with Crippen LogP contribution in [-0.4, -0.2) is 16.9 Å². The van der Waals surface area contributed by atoms with Gasteiger partial charge in [-0.05, 0) is 55.7 Å². The fraction of sp³-hybridized carbons (Fsp3) is 0.200. The average molecular weight is 306 g/mol. The van der Waals surface area contributed by atoms with Crippen molar-refractivity contribution in [1.82, 2.24) is 0 Å². The average Bonchev–Trinajstić information content (AvgIpc) is 2.78. The van der Waals surface area contributed by atoms with Crippen molar-refractivity contribution in [2.75, 3.05) is 0 Å². The lowest BCUT2D eigenvalue weighted by atomic mass is 10.0. The maximum Gasteiger partial charge on any atom is 0.336 e. The van der Waals surface area contributed by atoms with Crippen molar-refractivity contribution in [2.24, 2.45) is 0 Å². The van der Waals surface area contributed by atoms with Gasteiger partial charge in [-0.1, -0.05) is 29.3 Å². The third kappa shape index (κ3) is 2.70. The molecule has 1 N–H and O–H groups in total. The molecule has 0 amide bonds. The van der Waals surface area contributed by atoms with Gasteiger partial charge < -0.3 is 5.11 Å². The number of carboxylic acid groups (broad SMARTS) is 1. The highest BCUT2D eigenvalue weighted by atomic mass is 16.4.